The first kappa shape index (κ1) is 73.4. The molecular formula is C69H134O6. The number of hydrogen-bond acceptors (Lipinski definition) is 6. The normalized spacial score (nSPS) is 12.1. The molecule has 0 amide bonds. The maximum atomic E-state index is 12.9. The van der Waals surface area contributed by atoms with Crippen LogP contribution in [0.15, 0.2) is 0 Å². The molecule has 0 spiro atoms. The van der Waals surface area contributed by atoms with Crippen molar-refractivity contribution in [2.75, 3.05) is 13.2 Å². The summed E-state index contributed by atoms with van der Waals surface area (Å²) < 4.78 is 17.0. The highest BCUT2D eigenvalue weighted by Crippen LogP contribution is 2.20. The Balaban J connectivity index is 4.27. The second-order valence-electron chi connectivity index (χ2n) is 25.2. The summed E-state index contributed by atoms with van der Waals surface area (Å²) in [6.07, 6.45) is 66.8. The molecule has 6 nitrogen and oxygen atoms in total. The van der Waals surface area contributed by atoms with E-state index in [1.165, 1.54) is 270 Å². The van der Waals surface area contributed by atoms with Crippen LogP contribution in [0, 0.1) is 17.8 Å². The van der Waals surface area contributed by atoms with E-state index in [1.807, 2.05) is 0 Å². The monoisotopic (exact) mass is 1060 g/mol. The van der Waals surface area contributed by atoms with Gasteiger partial charge in [0.25, 0.3) is 0 Å². The summed E-state index contributed by atoms with van der Waals surface area (Å²) in [6.45, 7) is 13.8. The zero-order valence-electron chi connectivity index (χ0n) is 51.9. The minimum absolute atomic E-state index is 0.0620. The molecule has 6 heteroatoms. The molecule has 0 aromatic heterocycles. The van der Waals surface area contributed by atoms with Crippen molar-refractivity contribution >= 4 is 17.9 Å². The van der Waals surface area contributed by atoms with Crippen LogP contribution in [0.3, 0.4) is 0 Å². The van der Waals surface area contributed by atoms with Gasteiger partial charge < -0.3 is 14.2 Å². The molecule has 0 heterocycles. The fourth-order valence-electron chi connectivity index (χ4n) is 10.8. The molecule has 0 aliphatic rings. The molecule has 0 aliphatic heterocycles. The van der Waals surface area contributed by atoms with Gasteiger partial charge in [0.15, 0.2) is 6.10 Å². The van der Waals surface area contributed by atoms with Gasteiger partial charge in [-0.05, 0) is 37.0 Å². The minimum atomic E-state index is -0.765. The van der Waals surface area contributed by atoms with Crippen molar-refractivity contribution in [1.82, 2.24) is 0 Å². The molecule has 446 valence electrons. The number of rotatable bonds is 62. The molecule has 0 unspecified atom stereocenters. The fraction of sp³-hybridized carbons (Fsp3) is 0.957. The van der Waals surface area contributed by atoms with Gasteiger partial charge in [-0.15, -0.1) is 0 Å². The third-order valence-corrected chi connectivity index (χ3v) is 15.9. The van der Waals surface area contributed by atoms with Crippen LogP contribution < -0.4 is 0 Å². The van der Waals surface area contributed by atoms with E-state index < -0.39 is 6.10 Å². The Bertz CT molecular complexity index is 1160. The molecule has 0 fully saturated rings. The molecular weight excluding hydrogens is 925 g/mol. The number of carbonyl (C=O) groups excluding carboxylic acids is 3. The van der Waals surface area contributed by atoms with Crippen molar-refractivity contribution in [3.63, 3.8) is 0 Å². The van der Waals surface area contributed by atoms with E-state index in [9.17, 15) is 14.4 Å². The van der Waals surface area contributed by atoms with Crippen molar-refractivity contribution in [2.45, 2.75) is 394 Å². The average Bonchev–Trinajstić information content (AvgIpc) is 3.38. The van der Waals surface area contributed by atoms with E-state index in [1.54, 1.807) is 0 Å². The molecule has 0 aromatic carbocycles. The van der Waals surface area contributed by atoms with Crippen LogP contribution in [0.5, 0.6) is 0 Å². The zero-order chi connectivity index (χ0) is 54.8. The number of ether oxygens (including phenoxy) is 3. The van der Waals surface area contributed by atoms with E-state index in [-0.39, 0.29) is 31.1 Å². The van der Waals surface area contributed by atoms with Crippen molar-refractivity contribution in [1.29, 1.82) is 0 Å². The summed E-state index contributed by atoms with van der Waals surface area (Å²) in [5.41, 5.74) is 0. The van der Waals surface area contributed by atoms with Crippen LogP contribution in [-0.4, -0.2) is 37.2 Å². The summed E-state index contributed by atoms with van der Waals surface area (Å²) in [7, 11) is 0. The Labute approximate surface area is 469 Å². The highest BCUT2D eigenvalue weighted by molar-refractivity contribution is 5.71. The first-order valence-corrected chi connectivity index (χ1v) is 34.1. The van der Waals surface area contributed by atoms with Gasteiger partial charge in [0.1, 0.15) is 13.2 Å². The van der Waals surface area contributed by atoms with Gasteiger partial charge in [-0.1, -0.05) is 350 Å². The predicted octanol–water partition coefficient (Wildman–Crippen LogP) is 23.0. The van der Waals surface area contributed by atoms with Crippen molar-refractivity contribution in [3.8, 4) is 0 Å². The van der Waals surface area contributed by atoms with Gasteiger partial charge in [0, 0.05) is 19.3 Å². The van der Waals surface area contributed by atoms with Crippen LogP contribution in [0.1, 0.15) is 388 Å². The maximum Gasteiger partial charge on any atom is 0.306 e. The van der Waals surface area contributed by atoms with Gasteiger partial charge in [-0.3, -0.25) is 14.4 Å². The maximum absolute atomic E-state index is 12.9. The van der Waals surface area contributed by atoms with Crippen LogP contribution in [0.2, 0.25) is 0 Å². The minimum Gasteiger partial charge on any atom is -0.462 e. The molecule has 0 radical (unpaired) electrons. The molecule has 0 aromatic rings. The zero-order valence-corrected chi connectivity index (χ0v) is 51.9. The van der Waals surface area contributed by atoms with Gasteiger partial charge >= 0.3 is 17.9 Å². The summed E-state index contributed by atoms with van der Waals surface area (Å²) in [4.78, 5) is 38.4. The Morgan fingerprint density at radius 1 is 0.227 bits per heavy atom. The highest BCUT2D eigenvalue weighted by atomic mass is 16.6. The highest BCUT2D eigenvalue weighted by Gasteiger charge is 2.20. The van der Waals surface area contributed by atoms with Crippen molar-refractivity contribution in [3.05, 3.63) is 0 Å². The Morgan fingerprint density at radius 3 is 0.573 bits per heavy atom. The Morgan fingerprint density at radius 2 is 0.387 bits per heavy atom. The summed E-state index contributed by atoms with van der Waals surface area (Å²) in [5, 5.41) is 0. The SMILES string of the molecule is CC(C)CCCCCCCCCCCCCCCCCCCCC(=O)OC[C@H](COC(=O)CCCCCCCCCCCCCCCCCCC(C)C)OC(=O)CCCCCCCCCCCCCCCCC(C)C. The number of carbonyl (C=O) groups is 3. The van der Waals surface area contributed by atoms with Crippen LogP contribution in [0.4, 0.5) is 0 Å². The van der Waals surface area contributed by atoms with Crippen molar-refractivity contribution in [2.24, 2.45) is 17.8 Å². The average molecular weight is 1060 g/mol. The predicted molar refractivity (Wildman–Crippen MR) is 326 cm³/mol. The molecule has 0 N–H and O–H groups in total. The number of esters is 3. The molecule has 0 rings (SSSR count). The van der Waals surface area contributed by atoms with E-state index in [4.69, 9.17) is 14.2 Å². The summed E-state index contributed by atoms with van der Waals surface area (Å²) in [5.74, 6) is 1.73. The first-order valence-electron chi connectivity index (χ1n) is 34.1. The topological polar surface area (TPSA) is 78.9 Å². The third kappa shape index (κ3) is 63.1. The first-order chi connectivity index (χ1) is 36.6. The lowest BCUT2D eigenvalue weighted by atomic mass is 10.0. The summed E-state index contributed by atoms with van der Waals surface area (Å²) >= 11 is 0. The molecule has 0 saturated heterocycles. The molecule has 1 atom stereocenters. The molecule has 0 aliphatic carbocycles. The number of hydrogen-bond donors (Lipinski definition) is 0. The van der Waals surface area contributed by atoms with E-state index in [0.29, 0.717) is 19.3 Å². The molecule has 0 saturated carbocycles. The van der Waals surface area contributed by atoms with E-state index in [2.05, 4.69) is 41.5 Å². The smallest absolute Gasteiger partial charge is 0.306 e. The lowest BCUT2D eigenvalue weighted by molar-refractivity contribution is -0.167. The lowest BCUT2D eigenvalue weighted by Gasteiger charge is -2.18. The van der Waals surface area contributed by atoms with E-state index >= 15 is 0 Å². The summed E-state index contributed by atoms with van der Waals surface area (Å²) in [6, 6.07) is 0. The largest absolute Gasteiger partial charge is 0.462 e. The van der Waals surface area contributed by atoms with Gasteiger partial charge in [-0.25, -0.2) is 0 Å². The fourth-order valence-corrected chi connectivity index (χ4v) is 10.8. The lowest BCUT2D eigenvalue weighted by Crippen LogP contribution is -2.30. The molecule has 0 bridgehead atoms. The standard InChI is InChI=1S/C69H134O6/c1-63(2)55-49-43-37-31-25-19-13-9-7-8-10-15-22-28-34-40-46-52-58-67(70)73-61-66(75-69(72)60-54-48-42-36-30-24-18-17-21-27-33-39-45-51-57-65(5)6)62-74-68(71)59-53-47-41-35-29-23-16-12-11-14-20-26-32-38-44-50-56-64(3)4/h63-66H,7-62H2,1-6H3/t66-/m1/s1. The van der Waals surface area contributed by atoms with Crippen LogP contribution in [0.25, 0.3) is 0 Å². The van der Waals surface area contributed by atoms with Crippen molar-refractivity contribution < 1.29 is 28.6 Å². The van der Waals surface area contributed by atoms with E-state index in [0.717, 1.165) is 75.5 Å². The van der Waals surface area contributed by atoms with Gasteiger partial charge in [0.05, 0.1) is 0 Å². The molecule has 75 heavy (non-hydrogen) atoms. The van der Waals surface area contributed by atoms with Gasteiger partial charge in [-0.2, -0.15) is 0 Å². The van der Waals surface area contributed by atoms with Crippen LogP contribution in [-0.2, 0) is 28.6 Å². The van der Waals surface area contributed by atoms with Gasteiger partial charge in [0.2, 0.25) is 0 Å². The second kappa shape index (κ2) is 60.1. The Hall–Kier alpha value is -1.59. The van der Waals surface area contributed by atoms with Crippen LogP contribution >= 0.6 is 0 Å². The second-order valence-corrected chi connectivity index (χ2v) is 25.2. The number of unbranched alkanes of at least 4 members (excludes halogenated alkanes) is 45. The Kier molecular flexibility index (Phi) is 58.8. The quantitative estimate of drug-likeness (QED) is 0.0343. The third-order valence-electron chi connectivity index (χ3n) is 15.9.